The number of Topliss-reactive ketones (excluding diaryl/α,β-unsaturated/α-hetero) is 1. The Labute approximate surface area is 124 Å². The smallest absolute Gasteiger partial charge is 0.270 e. The lowest BCUT2D eigenvalue weighted by molar-refractivity contribution is 0.0746. The molecule has 5 nitrogen and oxygen atoms in total. The molecule has 1 N–H and O–H groups in total. The molecule has 0 saturated heterocycles. The van der Waals surface area contributed by atoms with Crippen molar-refractivity contribution in [1.29, 1.82) is 5.26 Å². The maximum Gasteiger partial charge on any atom is 0.270 e. The molecule has 0 aromatic carbocycles. The molecule has 1 aromatic rings. The average molecular weight is 287 g/mol. The van der Waals surface area contributed by atoms with Gasteiger partial charge in [0.15, 0.2) is 5.78 Å². The summed E-state index contributed by atoms with van der Waals surface area (Å²) in [6.45, 7) is 6.47. The van der Waals surface area contributed by atoms with Crippen molar-refractivity contribution in [2.75, 3.05) is 13.1 Å². The lowest BCUT2D eigenvalue weighted by atomic mass is 9.93. The van der Waals surface area contributed by atoms with Crippen LogP contribution in [0.4, 0.5) is 0 Å². The molecule has 0 unspecified atom stereocenters. The van der Waals surface area contributed by atoms with E-state index in [-0.39, 0.29) is 17.6 Å². The molecule has 112 valence electrons. The molecule has 0 saturated carbocycles. The largest absolute Gasteiger partial charge is 0.354 e. The minimum atomic E-state index is -0.208. The highest BCUT2D eigenvalue weighted by molar-refractivity contribution is 6.04. The van der Waals surface area contributed by atoms with Crippen LogP contribution in [0, 0.1) is 24.2 Å². The summed E-state index contributed by atoms with van der Waals surface area (Å²) in [5.41, 5.74) is 2.84. The Bertz CT molecular complexity index is 610. The summed E-state index contributed by atoms with van der Waals surface area (Å²) in [6.07, 6.45) is 2.21. The lowest BCUT2D eigenvalue weighted by Gasteiger charge is -2.21. The summed E-state index contributed by atoms with van der Waals surface area (Å²) in [5.74, 6) is -0.211. The zero-order chi connectivity index (χ0) is 15.6. The summed E-state index contributed by atoms with van der Waals surface area (Å²) in [5, 5.41) is 8.91. The van der Waals surface area contributed by atoms with Gasteiger partial charge in [-0.2, -0.15) is 5.26 Å². The first-order valence-corrected chi connectivity index (χ1v) is 7.43. The highest BCUT2D eigenvalue weighted by Crippen LogP contribution is 2.27. The number of hydrogen-bond donors (Lipinski definition) is 1. The second-order valence-corrected chi connectivity index (χ2v) is 5.63. The first-order chi connectivity index (χ1) is 9.99. The quantitative estimate of drug-likeness (QED) is 0.924. The first kappa shape index (κ1) is 15.3. The fourth-order valence-corrected chi connectivity index (χ4v) is 2.87. The highest BCUT2D eigenvalue weighted by Gasteiger charge is 2.28. The van der Waals surface area contributed by atoms with Gasteiger partial charge in [-0.1, -0.05) is 0 Å². The van der Waals surface area contributed by atoms with Gasteiger partial charge in [0, 0.05) is 30.8 Å². The molecular formula is C16H21N3O2. The van der Waals surface area contributed by atoms with Gasteiger partial charge in [0.1, 0.15) is 5.69 Å². The Morgan fingerprint density at radius 3 is 2.76 bits per heavy atom. The number of H-pyrrole nitrogens is 1. The summed E-state index contributed by atoms with van der Waals surface area (Å²) >= 11 is 0. The number of aromatic amines is 1. The minimum absolute atomic E-state index is 0.123. The monoisotopic (exact) mass is 287 g/mol. The standard InChI is InChI=1S/C16H21N3O2/c1-4-19(9-10(2)8-17)16(21)15-11(3)14-12(18-15)6-5-7-13(14)20/h10,18H,4-7,9H2,1-3H3/t10-/m0/s1. The van der Waals surface area contributed by atoms with Crippen molar-refractivity contribution in [3.8, 4) is 6.07 Å². The van der Waals surface area contributed by atoms with Gasteiger partial charge in [0.2, 0.25) is 0 Å². The van der Waals surface area contributed by atoms with Gasteiger partial charge in [0.05, 0.1) is 12.0 Å². The van der Waals surface area contributed by atoms with E-state index in [0.29, 0.717) is 30.8 Å². The molecule has 0 bridgehead atoms. The number of carbonyl (C=O) groups excluding carboxylic acids is 2. The van der Waals surface area contributed by atoms with Crippen LogP contribution in [0.15, 0.2) is 0 Å². The minimum Gasteiger partial charge on any atom is -0.354 e. The van der Waals surface area contributed by atoms with Gasteiger partial charge < -0.3 is 9.88 Å². The van der Waals surface area contributed by atoms with Crippen LogP contribution in [-0.2, 0) is 6.42 Å². The van der Waals surface area contributed by atoms with Crippen LogP contribution in [0.3, 0.4) is 0 Å². The molecule has 0 aliphatic heterocycles. The van der Waals surface area contributed by atoms with E-state index < -0.39 is 0 Å². The zero-order valence-electron chi connectivity index (χ0n) is 12.8. The number of ketones is 1. The Hall–Kier alpha value is -2.09. The summed E-state index contributed by atoms with van der Waals surface area (Å²) in [7, 11) is 0. The third-order valence-electron chi connectivity index (χ3n) is 4.03. The second-order valence-electron chi connectivity index (χ2n) is 5.63. The van der Waals surface area contributed by atoms with Crippen LogP contribution < -0.4 is 0 Å². The Morgan fingerprint density at radius 2 is 2.19 bits per heavy atom. The van der Waals surface area contributed by atoms with Crippen LogP contribution in [0.1, 0.15) is 58.8 Å². The number of amides is 1. The molecule has 5 heteroatoms. The molecule has 1 amide bonds. The SMILES string of the molecule is CCN(C[C@@H](C)C#N)C(=O)c1[nH]c2c(c1C)C(=O)CCC2. The Morgan fingerprint density at radius 1 is 1.48 bits per heavy atom. The molecule has 2 rings (SSSR count). The van der Waals surface area contributed by atoms with Crippen molar-refractivity contribution in [3.05, 3.63) is 22.5 Å². The van der Waals surface area contributed by atoms with Crippen LogP contribution in [-0.4, -0.2) is 34.7 Å². The van der Waals surface area contributed by atoms with Crippen molar-refractivity contribution in [2.45, 2.75) is 40.0 Å². The van der Waals surface area contributed by atoms with Gasteiger partial charge in [-0.3, -0.25) is 9.59 Å². The van der Waals surface area contributed by atoms with E-state index in [9.17, 15) is 9.59 Å². The van der Waals surface area contributed by atoms with Gasteiger partial charge >= 0.3 is 0 Å². The second kappa shape index (κ2) is 6.13. The number of aryl methyl sites for hydroxylation is 1. The third-order valence-corrected chi connectivity index (χ3v) is 4.03. The first-order valence-electron chi connectivity index (χ1n) is 7.43. The van der Waals surface area contributed by atoms with Crippen molar-refractivity contribution < 1.29 is 9.59 Å². The van der Waals surface area contributed by atoms with Gasteiger partial charge in [-0.05, 0) is 39.2 Å². The molecule has 1 aromatic heterocycles. The highest BCUT2D eigenvalue weighted by atomic mass is 16.2. The number of nitrogens with zero attached hydrogens (tertiary/aromatic N) is 2. The number of aromatic nitrogens is 1. The number of nitrogens with one attached hydrogen (secondary N) is 1. The van der Waals surface area contributed by atoms with E-state index in [1.807, 2.05) is 13.8 Å². The Kier molecular flexibility index (Phi) is 4.46. The lowest BCUT2D eigenvalue weighted by Crippen LogP contribution is -2.35. The van der Waals surface area contributed by atoms with Gasteiger partial charge in [-0.25, -0.2) is 0 Å². The van der Waals surface area contributed by atoms with E-state index in [4.69, 9.17) is 5.26 Å². The molecule has 0 fully saturated rings. The van der Waals surface area contributed by atoms with Crippen LogP contribution >= 0.6 is 0 Å². The number of nitriles is 1. The van der Waals surface area contributed by atoms with Crippen LogP contribution in [0.2, 0.25) is 0 Å². The molecule has 0 spiro atoms. The average Bonchev–Trinajstić information content (AvgIpc) is 2.82. The van der Waals surface area contributed by atoms with Crippen LogP contribution in [0.5, 0.6) is 0 Å². The molecule has 1 aliphatic carbocycles. The van der Waals surface area contributed by atoms with E-state index in [0.717, 1.165) is 24.1 Å². The third kappa shape index (κ3) is 2.85. The van der Waals surface area contributed by atoms with E-state index in [1.165, 1.54) is 0 Å². The Balaban J connectivity index is 2.31. The summed E-state index contributed by atoms with van der Waals surface area (Å²) < 4.78 is 0. The van der Waals surface area contributed by atoms with Crippen molar-refractivity contribution >= 4 is 11.7 Å². The number of hydrogen-bond acceptors (Lipinski definition) is 3. The number of fused-ring (bicyclic) bond motifs is 1. The molecular weight excluding hydrogens is 266 g/mol. The van der Waals surface area contributed by atoms with E-state index >= 15 is 0 Å². The van der Waals surface area contributed by atoms with Crippen molar-refractivity contribution in [1.82, 2.24) is 9.88 Å². The predicted octanol–water partition coefficient (Wildman–Crippen LogP) is 2.46. The molecule has 0 radical (unpaired) electrons. The predicted molar refractivity (Wildman–Crippen MR) is 79.2 cm³/mol. The number of carbonyl (C=O) groups is 2. The van der Waals surface area contributed by atoms with Crippen molar-refractivity contribution in [3.63, 3.8) is 0 Å². The fraction of sp³-hybridized carbons (Fsp3) is 0.562. The maximum absolute atomic E-state index is 12.6. The van der Waals surface area contributed by atoms with E-state index in [2.05, 4.69) is 11.1 Å². The molecule has 1 heterocycles. The number of rotatable bonds is 4. The van der Waals surface area contributed by atoms with Gasteiger partial charge in [0.25, 0.3) is 5.91 Å². The molecule has 1 atom stereocenters. The molecule has 21 heavy (non-hydrogen) atoms. The van der Waals surface area contributed by atoms with Crippen molar-refractivity contribution in [2.24, 2.45) is 5.92 Å². The molecule has 1 aliphatic rings. The van der Waals surface area contributed by atoms with Gasteiger partial charge in [-0.15, -0.1) is 0 Å². The van der Waals surface area contributed by atoms with E-state index in [1.54, 1.807) is 11.8 Å². The zero-order valence-corrected chi connectivity index (χ0v) is 12.8. The van der Waals surface area contributed by atoms with Crippen LogP contribution in [0.25, 0.3) is 0 Å². The summed E-state index contributed by atoms with van der Waals surface area (Å²) in [6, 6.07) is 2.15. The normalized spacial score (nSPS) is 15.2. The summed E-state index contributed by atoms with van der Waals surface area (Å²) in [4.78, 5) is 29.5. The maximum atomic E-state index is 12.6. The fourth-order valence-electron chi connectivity index (χ4n) is 2.87. The topological polar surface area (TPSA) is 77.0 Å².